The van der Waals surface area contributed by atoms with Crippen molar-refractivity contribution in [3.8, 4) is 0 Å². The summed E-state index contributed by atoms with van der Waals surface area (Å²) in [6, 6.07) is 0. The van der Waals surface area contributed by atoms with Crippen molar-refractivity contribution in [1.29, 1.82) is 0 Å². The molecule has 0 aromatic carbocycles. The Morgan fingerprint density at radius 1 is 1.78 bits per heavy atom. The van der Waals surface area contributed by atoms with E-state index in [9.17, 15) is 4.79 Å². The van der Waals surface area contributed by atoms with E-state index in [4.69, 9.17) is 4.12 Å². The molecule has 52 valence electrons. The smallest absolute Gasteiger partial charge is 0.358 e. The fraction of sp³-hybridized carbons (Fsp3) is 0.250. The summed E-state index contributed by atoms with van der Waals surface area (Å²) in [6.07, 6.45) is 0. The first kappa shape index (κ1) is 8.60. The van der Waals surface area contributed by atoms with E-state index in [0.29, 0.717) is 16.1 Å². The largest absolute Gasteiger partial charge is 0.497 e. The minimum absolute atomic E-state index is 0.336. The third-order valence-electron chi connectivity index (χ3n) is 0.656. The number of hydrogen-bond donors (Lipinski definition) is 0. The van der Waals surface area contributed by atoms with Gasteiger partial charge in [0.25, 0.3) is 0 Å². The highest BCUT2D eigenvalue weighted by Crippen LogP contribution is 1.89. The Balaban J connectivity index is 3.39. The van der Waals surface area contributed by atoms with Crippen LogP contribution in [0, 0.1) is 0 Å². The van der Waals surface area contributed by atoms with Crippen molar-refractivity contribution in [2.75, 3.05) is 0 Å². The van der Waals surface area contributed by atoms with Gasteiger partial charge in [0, 0.05) is 5.57 Å². The SMILES string of the molecule is C=C(C)C(=O)O[SiH2]O[SiH3]. The molecule has 0 aliphatic heterocycles. The molecule has 3 nitrogen and oxygen atoms in total. The monoisotopic (exact) mass is 162 g/mol. The fourth-order valence-corrected chi connectivity index (χ4v) is 1.06. The lowest BCUT2D eigenvalue weighted by atomic mass is 10.4. The molecule has 0 aromatic rings. The number of rotatable bonds is 3. The van der Waals surface area contributed by atoms with Crippen LogP contribution in [0.3, 0.4) is 0 Å². The molecule has 0 atom stereocenters. The fourth-order valence-electron chi connectivity index (χ4n) is 0.236. The Morgan fingerprint density at radius 3 is 2.67 bits per heavy atom. The van der Waals surface area contributed by atoms with Crippen LogP contribution in [-0.2, 0) is 13.3 Å². The molecule has 0 aliphatic rings. The summed E-state index contributed by atoms with van der Waals surface area (Å²) in [5.41, 5.74) is 0.432. The standard InChI is InChI=1S/C4H10O3Si2/c1-3(2)4(5)6-9-7-8/h1,9H2,2,8H3. The Kier molecular flexibility index (Phi) is 4.28. The van der Waals surface area contributed by atoms with Crippen molar-refractivity contribution >= 4 is 26.5 Å². The van der Waals surface area contributed by atoms with Crippen LogP contribution in [0.4, 0.5) is 0 Å². The molecule has 0 radical (unpaired) electrons. The Hall–Kier alpha value is -0.396. The van der Waals surface area contributed by atoms with E-state index in [-0.39, 0.29) is 5.97 Å². The molecular weight excluding hydrogens is 152 g/mol. The van der Waals surface area contributed by atoms with Crippen LogP contribution < -0.4 is 0 Å². The summed E-state index contributed by atoms with van der Waals surface area (Å²) in [5, 5.41) is 0. The van der Waals surface area contributed by atoms with Crippen molar-refractivity contribution in [2.45, 2.75) is 6.92 Å². The molecule has 0 aromatic heterocycles. The van der Waals surface area contributed by atoms with E-state index in [2.05, 4.69) is 11.0 Å². The van der Waals surface area contributed by atoms with Gasteiger partial charge in [-0.05, 0) is 6.92 Å². The quantitative estimate of drug-likeness (QED) is 0.370. The molecule has 0 saturated heterocycles. The Bertz CT molecular complexity index is 123. The summed E-state index contributed by atoms with van der Waals surface area (Å²) in [7, 11) is -0.372. The minimum Gasteiger partial charge on any atom is -0.497 e. The summed E-state index contributed by atoms with van der Waals surface area (Å²) >= 11 is 0. The molecule has 0 fully saturated rings. The number of carbonyl (C=O) groups excluding carboxylic acids is 1. The van der Waals surface area contributed by atoms with Crippen molar-refractivity contribution in [2.24, 2.45) is 0 Å². The van der Waals surface area contributed by atoms with Gasteiger partial charge < -0.3 is 8.54 Å². The van der Waals surface area contributed by atoms with Gasteiger partial charge in [0.1, 0.15) is 10.5 Å². The van der Waals surface area contributed by atoms with Crippen molar-refractivity contribution in [3.63, 3.8) is 0 Å². The summed E-state index contributed by atoms with van der Waals surface area (Å²) < 4.78 is 9.42. The average molecular weight is 162 g/mol. The van der Waals surface area contributed by atoms with Crippen LogP contribution >= 0.6 is 0 Å². The zero-order valence-electron chi connectivity index (χ0n) is 5.64. The van der Waals surface area contributed by atoms with E-state index in [0.717, 1.165) is 0 Å². The molecule has 0 N–H and O–H groups in total. The second-order valence-corrected chi connectivity index (χ2v) is 4.45. The van der Waals surface area contributed by atoms with Gasteiger partial charge >= 0.3 is 16.0 Å². The molecule has 0 aliphatic carbocycles. The van der Waals surface area contributed by atoms with E-state index in [1.54, 1.807) is 6.92 Å². The minimum atomic E-state index is -1.02. The average Bonchev–Trinajstić information content (AvgIpc) is 1.82. The predicted molar refractivity (Wildman–Crippen MR) is 40.5 cm³/mol. The van der Waals surface area contributed by atoms with Crippen LogP contribution in [0.25, 0.3) is 0 Å². The number of carbonyl (C=O) groups is 1. The molecule has 5 heteroatoms. The van der Waals surface area contributed by atoms with Crippen LogP contribution in [0.2, 0.25) is 0 Å². The van der Waals surface area contributed by atoms with Gasteiger partial charge in [0.15, 0.2) is 0 Å². The third-order valence-corrected chi connectivity index (χ3v) is 1.98. The molecule has 0 saturated carbocycles. The first-order chi connectivity index (χ1) is 4.18. The third kappa shape index (κ3) is 4.13. The molecule has 9 heavy (non-hydrogen) atoms. The second-order valence-electron chi connectivity index (χ2n) is 1.62. The van der Waals surface area contributed by atoms with E-state index in [1.807, 2.05) is 0 Å². The molecule has 0 heterocycles. The van der Waals surface area contributed by atoms with E-state index in [1.165, 1.54) is 0 Å². The van der Waals surface area contributed by atoms with Gasteiger partial charge in [-0.3, -0.25) is 0 Å². The molecular formula is C4H10O3Si2. The van der Waals surface area contributed by atoms with Crippen LogP contribution in [0.15, 0.2) is 12.2 Å². The van der Waals surface area contributed by atoms with Crippen molar-refractivity contribution in [1.82, 2.24) is 0 Å². The number of hydrogen-bond acceptors (Lipinski definition) is 3. The van der Waals surface area contributed by atoms with E-state index >= 15 is 0 Å². The second kappa shape index (κ2) is 4.48. The summed E-state index contributed by atoms with van der Waals surface area (Å²) in [6.45, 7) is 5.03. The van der Waals surface area contributed by atoms with Gasteiger partial charge in [-0.25, -0.2) is 4.79 Å². The highest BCUT2D eigenvalue weighted by molar-refractivity contribution is 6.30. The van der Waals surface area contributed by atoms with Crippen molar-refractivity contribution in [3.05, 3.63) is 12.2 Å². The van der Waals surface area contributed by atoms with Gasteiger partial charge in [-0.1, -0.05) is 6.58 Å². The zero-order chi connectivity index (χ0) is 7.28. The van der Waals surface area contributed by atoms with Crippen LogP contribution in [0.1, 0.15) is 6.92 Å². The lowest BCUT2D eigenvalue weighted by Gasteiger charge is -2.00. The summed E-state index contributed by atoms with van der Waals surface area (Å²) in [4.78, 5) is 10.6. The van der Waals surface area contributed by atoms with Gasteiger partial charge in [0.05, 0.1) is 0 Å². The molecule has 0 spiro atoms. The maximum absolute atomic E-state index is 10.6. The molecule has 0 unspecified atom stereocenters. The predicted octanol–water partition coefficient (Wildman–Crippen LogP) is -1.60. The highest BCUT2D eigenvalue weighted by Gasteiger charge is 1.99. The van der Waals surface area contributed by atoms with Gasteiger partial charge in [-0.15, -0.1) is 0 Å². The lowest BCUT2D eigenvalue weighted by molar-refractivity contribution is -0.130. The molecule has 0 bridgehead atoms. The Labute approximate surface area is 59.6 Å². The Morgan fingerprint density at radius 2 is 2.33 bits per heavy atom. The first-order valence-electron chi connectivity index (χ1n) is 2.50. The maximum Gasteiger partial charge on any atom is 0.358 e. The lowest BCUT2D eigenvalue weighted by Crippen LogP contribution is -2.10. The zero-order valence-corrected chi connectivity index (χ0v) is 9.05. The van der Waals surface area contributed by atoms with Gasteiger partial charge in [0.2, 0.25) is 0 Å². The normalized spacial score (nSPS) is 10.3. The van der Waals surface area contributed by atoms with Crippen molar-refractivity contribution < 1.29 is 13.3 Å². The highest BCUT2D eigenvalue weighted by atomic mass is 28.3. The summed E-state index contributed by atoms with van der Waals surface area (Å²) in [5.74, 6) is -0.336. The topological polar surface area (TPSA) is 35.5 Å². The van der Waals surface area contributed by atoms with Crippen LogP contribution in [-0.4, -0.2) is 26.5 Å². The van der Waals surface area contributed by atoms with E-state index < -0.39 is 10.0 Å². The molecule has 0 amide bonds. The van der Waals surface area contributed by atoms with Gasteiger partial charge in [-0.2, -0.15) is 0 Å². The maximum atomic E-state index is 10.6. The molecule has 0 rings (SSSR count). The van der Waals surface area contributed by atoms with Crippen LogP contribution in [0.5, 0.6) is 0 Å². The first-order valence-corrected chi connectivity index (χ1v) is 4.47.